The fraction of sp³-hybridized carbons (Fsp3) is 0.931. The van der Waals surface area contributed by atoms with Gasteiger partial charge in [-0.2, -0.15) is 0 Å². The third-order valence-electron chi connectivity index (χ3n) is 8.06. The Morgan fingerprint density at radius 2 is 1.66 bits per heavy atom. The van der Waals surface area contributed by atoms with Gasteiger partial charge in [-0.05, 0) is 72.0 Å². The van der Waals surface area contributed by atoms with Crippen LogP contribution in [-0.2, 0) is 4.74 Å². The molecule has 4 unspecified atom stereocenters. The number of carbonyl (C=O) groups excluding carboxylic acids is 2. The SMILES string of the molecule is CCC(CCOC(=O)NC1CC(C)(C)CC(C)(CNC(N)=O)C1)CC(C)(C)C(CC)CC(C)(C)C. The highest BCUT2D eigenvalue weighted by Gasteiger charge is 2.42. The molecule has 3 amide bonds. The summed E-state index contributed by atoms with van der Waals surface area (Å²) in [5.41, 5.74) is 5.84. The molecule has 4 N–H and O–H groups in total. The zero-order chi connectivity index (χ0) is 27.1. The Morgan fingerprint density at radius 1 is 1.03 bits per heavy atom. The molecule has 1 fully saturated rings. The van der Waals surface area contributed by atoms with Crippen molar-refractivity contribution in [2.45, 2.75) is 127 Å². The van der Waals surface area contributed by atoms with E-state index < -0.39 is 6.03 Å². The lowest BCUT2D eigenvalue weighted by Gasteiger charge is -2.46. The predicted octanol–water partition coefficient (Wildman–Crippen LogP) is 7.26. The Labute approximate surface area is 216 Å². The molecule has 1 rings (SSSR count). The van der Waals surface area contributed by atoms with E-state index in [1.165, 1.54) is 12.8 Å². The number of alkyl carbamates (subject to hydrolysis) is 1. The van der Waals surface area contributed by atoms with E-state index in [2.05, 4.69) is 79.9 Å². The van der Waals surface area contributed by atoms with E-state index in [9.17, 15) is 9.59 Å². The maximum absolute atomic E-state index is 12.6. The third-order valence-corrected chi connectivity index (χ3v) is 8.06. The van der Waals surface area contributed by atoms with Gasteiger partial charge in [0, 0.05) is 12.6 Å². The van der Waals surface area contributed by atoms with Gasteiger partial charge in [-0.3, -0.25) is 0 Å². The van der Waals surface area contributed by atoms with Crippen molar-refractivity contribution in [1.29, 1.82) is 0 Å². The molecule has 0 saturated heterocycles. The van der Waals surface area contributed by atoms with Crippen molar-refractivity contribution in [2.24, 2.45) is 39.2 Å². The van der Waals surface area contributed by atoms with E-state index in [0.29, 0.717) is 30.4 Å². The zero-order valence-electron chi connectivity index (χ0n) is 24.6. The van der Waals surface area contributed by atoms with Crippen LogP contribution >= 0.6 is 0 Å². The van der Waals surface area contributed by atoms with E-state index in [4.69, 9.17) is 10.5 Å². The third kappa shape index (κ3) is 11.9. The van der Waals surface area contributed by atoms with Crippen LogP contribution in [0.25, 0.3) is 0 Å². The number of rotatable bonds is 12. The summed E-state index contributed by atoms with van der Waals surface area (Å²) in [6.07, 6.45) is 7.92. The first-order valence-electron chi connectivity index (χ1n) is 13.9. The monoisotopic (exact) mass is 495 g/mol. The molecule has 1 saturated carbocycles. The fourth-order valence-corrected chi connectivity index (χ4v) is 6.77. The second-order valence-corrected chi connectivity index (χ2v) is 14.4. The molecule has 6 nitrogen and oxygen atoms in total. The summed E-state index contributed by atoms with van der Waals surface area (Å²) >= 11 is 0. The van der Waals surface area contributed by atoms with Crippen LogP contribution in [0.4, 0.5) is 9.59 Å². The van der Waals surface area contributed by atoms with E-state index in [-0.39, 0.29) is 28.4 Å². The first-order chi connectivity index (χ1) is 15.9. The first-order valence-corrected chi connectivity index (χ1v) is 13.9. The lowest BCUT2D eigenvalue weighted by atomic mass is 9.62. The standard InChI is InChI=1S/C29H57N3O3/c1-11-21(15-28(8,9)22(12-2)16-26(3,4)5)13-14-35-25(34)32-23-17-27(6,7)19-29(10,18-23)20-31-24(30)33/h21-23H,11-20H2,1-10H3,(H,32,34)(H3,30,31,33). The van der Waals surface area contributed by atoms with E-state index >= 15 is 0 Å². The van der Waals surface area contributed by atoms with Crippen LogP contribution in [0.15, 0.2) is 0 Å². The Morgan fingerprint density at radius 3 is 2.17 bits per heavy atom. The molecular formula is C29H57N3O3. The average molecular weight is 496 g/mol. The van der Waals surface area contributed by atoms with Gasteiger partial charge >= 0.3 is 12.1 Å². The molecule has 0 bridgehead atoms. The number of amides is 3. The van der Waals surface area contributed by atoms with E-state index in [1.54, 1.807) is 0 Å². The van der Waals surface area contributed by atoms with Crippen LogP contribution in [-0.4, -0.2) is 31.3 Å². The highest BCUT2D eigenvalue weighted by molar-refractivity contribution is 5.71. The smallest absolute Gasteiger partial charge is 0.407 e. The summed E-state index contributed by atoms with van der Waals surface area (Å²) in [5, 5.41) is 5.86. The van der Waals surface area contributed by atoms with Gasteiger partial charge in [0.2, 0.25) is 0 Å². The highest BCUT2D eigenvalue weighted by atomic mass is 16.5. The molecule has 0 heterocycles. The van der Waals surface area contributed by atoms with Gasteiger partial charge in [0.1, 0.15) is 0 Å². The van der Waals surface area contributed by atoms with Gasteiger partial charge in [0.15, 0.2) is 0 Å². The van der Waals surface area contributed by atoms with Gasteiger partial charge < -0.3 is 21.1 Å². The fourth-order valence-electron chi connectivity index (χ4n) is 6.77. The molecule has 1 aliphatic rings. The van der Waals surface area contributed by atoms with Crippen molar-refractivity contribution in [3.8, 4) is 0 Å². The largest absolute Gasteiger partial charge is 0.450 e. The molecular weight excluding hydrogens is 438 g/mol. The number of carbonyl (C=O) groups is 2. The number of primary amides is 1. The molecule has 0 aromatic rings. The average Bonchev–Trinajstić information content (AvgIpc) is 2.67. The maximum atomic E-state index is 12.6. The molecule has 0 aromatic carbocycles. The molecule has 0 aliphatic heterocycles. The summed E-state index contributed by atoms with van der Waals surface area (Å²) in [7, 11) is 0. The summed E-state index contributed by atoms with van der Waals surface area (Å²) < 4.78 is 5.65. The van der Waals surface area contributed by atoms with Gasteiger partial charge in [-0.25, -0.2) is 9.59 Å². The molecule has 4 atom stereocenters. The lowest BCUT2D eigenvalue weighted by molar-refractivity contribution is 0.0642. The van der Waals surface area contributed by atoms with Gasteiger partial charge in [0.05, 0.1) is 6.61 Å². The van der Waals surface area contributed by atoms with Crippen LogP contribution < -0.4 is 16.4 Å². The number of urea groups is 1. The molecule has 0 radical (unpaired) electrons. The topological polar surface area (TPSA) is 93.4 Å². The Bertz CT molecular complexity index is 683. The second-order valence-electron chi connectivity index (χ2n) is 14.4. The number of hydrogen-bond donors (Lipinski definition) is 3. The van der Waals surface area contributed by atoms with Crippen molar-refractivity contribution < 1.29 is 14.3 Å². The normalized spacial score (nSPS) is 24.3. The minimum atomic E-state index is -0.504. The van der Waals surface area contributed by atoms with Crippen molar-refractivity contribution in [2.75, 3.05) is 13.2 Å². The number of nitrogens with two attached hydrogens (primary N) is 1. The van der Waals surface area contributed by atoms with E-state index in [1.807, 2.05) is 0 Å². The van der Waals surface area contributed by atoms with Gasteiger partial charge in [-0.15, -0.1) is 0 Å². The van der Waals surface area contributed by atoms with Crippen molar-refractivity contribution in [3.05, 3.63) is 0 Å². The number of hydrogen-bond acceptors (Lipinski definition) is 3. The first kappa shape index (κ1) is 31.6. The van der Waals surface area contributed by atoms with Crippen LogP contribution in [0.1, 0.15) is 121 Å². The Balaban J connectivity index is 2.60. The highest BCUT2D eigenvalue weighted by Crippen LogP contribution is 2.46. The quantitative estimate of drug-likeness (QED) is 0.266. The lowest BCUT2D eigenvalue weighted by Crippen LogP contribution is -2.51. The van der Waals surface area contributed by atoms with Crippen LogP contribution in [0.5, 0.6) is 0 Å². The summed E-state index contributed by atoms with van der Waals surface area (Å²) in [6, 6.07) is -0.481. The number of ether oxygens (including phenoxy) is 1. The summed E-state index contributed by atoms with van der Waals surface area (Å²) in [4.78, 5) is 23.9. The van der Waals surface area contributed by atoms with Crippen LogP contribution in [0.2, 0.25) is 0 Å². The number of nitrogens with one attached hydrogen (secondary N) is 2. The van der Waals surface area contributed by atoms with Crippen molar-refractivity contribution >= 4 is 12.1 Å². The zero-order valence-corrected chi connectivity index (χ0v) is 24.6. The van der Waals surface area contributed by atoms with Crippen LogP contribution in [0.3, 0.4) is 0 Å². The van der Waals surface area contributed by atoms with Gasteiger partial charge in [-0.1, -0.05) is 82.1 Å². The molecule has 0 aromatic heterocycles. The molecule has 206 valence electrons. The van der Waals surface area contributed by atoms with E-state index in [0.717, 1.165) is 38.5 Å². The van der Waals surface area contributed by atoms with Crippen LogP contribution in [0, 0.1) is 33.5 Å². The Kier molecular flexibility index (Phi) is 11.4. The predicted molar refractivity (Wildman–Crippen MR) is 146 cm³/mol. The van der Waals surface area contributed by atoms with Crippen molar-refractivity contribution in [1.82, 2.24) is 10.6 Å². The minimum absolute atomic E-state index is 0.0227. The molecule has 1 aliphatic carbocycles. The maximum Gasteiger partial charge on any atom is 0.407 e. The Hall–Kier alpha value is -1.46. The molecule has 35 heavy (non-hydrogen) atoms. The van der Waals surface area contributed by atoms with Gasteiger partial charge in [0.25, 0.3) is 0 Å². The molecule has 0 spiro atoms. The second kappa shape index (κ2) is 12.7. The molecule has 6 heteroatoms. The summed E-state index contributed by atoms with van der Waals surface area (Å²) in [5.74, 6) is 1.23. The summed E-state index contributed by atoms with van der Waals surface area (Å²) in [6.45, 7) is 23.9. The minimum Gasteiger partial charge on any atom is -0.450 e. The van der Waals surface area contributed by atoms with Crippen molar-refractivity contribution in [3.63, 3.8) is 0 Å².